The molecule has 0 spiro atoms. The molecule has 1 heterocycles. The monoisotopic (exact) mass is 277 g/mol. The predicted molar refractivity (Wildman–Crippen MR) is 78.1 cm³/mol. The molecule has 0 amide bonds. The lowest BCUT2D eigenvalue weighted by atomic mass is 9.87. The van der Waals surface area contributed by atoms with E-state index in [1.165, 1.54) is 19.2 Å². The van der Waals surface area contributed by atoms with Crippen LogP contribution in [-0.2, 0) is 9.53 Å². The molecule has 4 heteroatoms. The smallest absolute Gasteiger partial charge is 0.328 e. The van der Waals surface area contributed by atoms with E-state index in [4.69, 9.17) is 4.74 Å². The van der Waals surface area contributed by atoms with E-state index in [0.717, 1.165) is 16.8 Å². The average Bonchev–Trinajstić information content (AvgIpc) is 2.37. The highest BCUT2D eigenvalue weighted by Crippen LogP contribution is 2.40. The van der Waals surface area contributed by atoms with Gasteiger partial charge in [0.2, 0.25) is 0 Å². The highest BCUT2D eigenvalue weighted by atomic mass is 19.1. The Labute approximate surface area is 119 Å². The number of fused-ring (bicyclic) bond motifs is 1. The lowest BCUT2D eigenvalue weighted by Crippen LogP contribution is -2.53. The molecular weight excluding hydrogens is 257 g/mol. The lowest BCUT2D eigenvalue weighted by molar-refractivity contribution is -0.142. The summed E-state index contributed by atoms with van der Waals surface area (Å²) in [5.74, 6) is -0.580. The van der Waals surface area contributed by atoms with Crippen molar-refractivity contribution in [1.29, 1.82) is 0 Å². The molecule has 1 atom stereocenters. The van der Waals surface area contributed by atoms with Gasteiger partial charge in [0.05, 0.1) is 12.6 Å². The number of anilines is 1. The Bertz CT molecular complexity index is 578. The van der Waals surface area contributed by atoms with Crippen LogP contribution < -0.4 is 4.90 Å². The Morgan fingerprint density at radius 1 is 1.40 bits per heavy atom. The van der Waals surface area contributed by atoms with Crippen LogP contribution in [0.25, 0.3) is 5.57 Å². The fraction of sp³-hybridized carbons (Fsp3) is 0.438. The average molecular weight is 277 g/mol. The molecule has 0 saturated carbocycles. The summed E-state index contributed by atoms with van der Waals surface area (Å²) >= 11 is 0. The van der Waals surface area contributed by atoms with E-state index in [9.17, 15) is 9.18 Å². The van der Waals surface area contributed by atoms with Gasteiger partial charge in [0.25, 0.3) is 0 Å². The van der Waals surface area contributed by atoms with Crippen molar-refractivity contribution < 1.29 is 13.9 Å². The number of hydrogen-bond acceptors (Lipinski definition) is 3. The quantitative estimate of drug-likeness (QED) is 0.776. The lowest BCUT2D eigenvalue weighted by Gasteiger charge is -2.45. The number of rotatable bonds is 2. The number of halogens is 1. The first kappa shape index (κ1) is 14.6. The molecule has 0 aromatic heterocycles. The number of hydrogen-bond donors (Lipinski definition) is 0. The Morgan fingerprint density at radius 3 is 2.65 bits per heavy atom. The summed E-state index contributed by atoms with van der Waals surface area (Å²) < 4.78 is 18.3. The van der Waals surface area contributed by atoms with Crippen LogP contribution in [0, 0.1) is 5.82 Å². The van der Waals surface area contributed by atoms with Gasteiger partial charge < -0.3 is 9.64 Å². The zero-order chi connectivity index (χ0) is 15.1. The van der Waals surface area contributed by atoms with Gasteiger partial charge in [0.1, 0.15) is 11.9 Å². The van der Waals surface area contributed by atoms with Gasteiger partial charge in [0, 0.05) is 11.3 Å². The molecular formula is C16H20FNO2. The van der Waals surface area contributed by atoms with Crippen molar-refractivity contribution >= 4 is 17.2 Å². The first-order valence-corrected chi connectivity index (χ1v) is 6.64. The Balaban J connectivity index is 2.59. The van der Waals surface area contributed by atoms with Gasteiger partial charge in [-0.3, -0.25) is 0 Å². The molecule has 0 unspecified atom stereocenters. The van der Waals surface area contributed by atoms with Gasteiger partial charge >= 0.3 is 5.97 Å². The van der Waals surface area contributed by atoms with Crippen LogP contribution in [0.1, 0.15) is 33.3 Å². The van der Waals surface area contributed by atoms with Crippen LogP contribution in [0.2, 0.25) is 0 Å². The number of ether oxygens (including phenoxy) is 1. The first-order valence-electron chi connectivity index (χ1n) is 6.64. The summed E-state index contributed by atoms with van der Waals surface area (Å²) in [6, 6.07) is 4.21. The van der Waals surface area contributed by atoms with Crippen molar-refractivity contribution in [1.82, 2.24) is 0 Å². The van der Waals surface area contributed by atoms with Crippen LogP contribution >= 0.6 is 0 Å². The summed E-state index contributed by atoms with van der Waals surface area (Å²) in [7, 11) is 1.38. The van der Waals surface area contributed by atoms with Gasteiger partial charge in [-0.25, -0.2) is 9.18 Å². The maximum Gasteiger partial charge on any atom is 0.328 e. The zero-order valence-electron chi connectivity index (χ0n) is 12.5. The summed E-state index contributed by atoms with van der Waals surface area (Å²) in [4.78, 5) is 13.9. The van der Waals surface area contributed by atoms with Crippen molar-refractivity contribution in [3.63, 3.8) is 0 Å². The Kier molecular flexibility index (Phi) is 3.59. The molecule has 0 fully saturated rings. The van der Waals surface area contributed by atoms with Crippen molar-refractivity contribution in [2.45, 2.75) is 39.3 Å². The van der Waals surface area contributed by atoms with Gasteiger partial charge in [0.15, 0.2) is 0 Å². The third-order valence-corrected chi connectivity index (χ3v) is 3.76. The summed E-state index contributed by atoms with van der Waals surface area (Å²) in [6.07, 6.45) is 2.05. The van der Waals surface area contributed by atoms with E-state index in [1.54, 1.807) is 13.0 Å². The molecule has 0 bridgehead atoms. The first-order chi connectivity index (χ1) is 9.27. The molecule has 0 N–H and O–H groups in total. The van der Waals surface area contributed by atoms with Crippen molar-refractivity contribution in [2.24, 2.45) is 0 Å². The highest BCUT2D eigenvalue weighted by Gasteiger charge is 2.37. The molecule has 0 radical (unpaired) electrons. The maximum absolute atomic E-state index is 13.5. The van der Waals surface area contributed by atoms with Gasteiger partial charge in [-0.15, -0.1) is 0 Å². The minimum absolute atomic E-state index is 0.276. The van der Waals surface area contributed by atoms with E-state index in [2.05, 4.69) is 0 Å². The molecule has 3 nitrogen and oxygen atoms in total. The molecule has 1 aliphatic heterocycles. The second kappa shape index (κ2) is 4.93. The molecule has 108 valence electrons. The predicted octanol–water partition coefficient (Wildman–Crippen LogP) is 3.39. The van der Waals surface area contributed by atoms with Crippen molar-refractivity contribution in [2.75, 3.05) is 12.0 Å². The number of nitrogens with zero attached hydrogens (tertiary/aromatic N) is 1. The van der Waals surface area contributed by atoms with Crippen LogP contribution in [0.4, 0.5) is 10.1 Å². The standard InChI is InChI=1S/C16H20FNO2/c1-10-9-16(3,4)18(11(2)15(19)20-5)14-7-6-12(17)8-13(10)14/h6-9,11H,1-5H3/t11-/m0/s1. The number of esters is 1. The Morgan fingerprint density at radius 2 is 2.05 bits per heavy atom. The minimum atomic E-state index is -0.441. The van der Waals surface area contributed by atoms with Gasteiger partial charge in [-0.1, -0.05) is 6.08 Å². The number of methoxy groups -OCH3 is 1. The van der Waals surface area contributed by atoms with E-state index in [0.29, 0.717) is 0 Å². The summed E-state index contributed by atoms with van der Waals surface area (Å²) in [5.41, 5.74) is 2.34. The fourth-order valence-corrected chi connectivity index (χ4v) is 3.01. The number of benzene rings is 1. The van der Waals surface area contributed by atoms with E-state index < -0.39 is 6.04 Å². The molecule has 20 heavy (non-hydrogen) atoms. The van der Waals surface area contributed by atoms with Gasteiger partial charge in [-0.2, -0.15) is 0 Å². The molecule has 2 rings (SSSR count). The largest absolute Gasteiger partial charge is 0.467 e. The Hall–Kier alpha value is -1.84. The summed E-state index contributed by atoms with van der Waals surface area (Å²) in [6.45, 7) is 7.82. The normalized spacial score (nSPS) is 18.1. The van der Waals surface area contributed by atoms with E-state index in [-0.39, 0.29) is 17.3 Å². The molecule has 0 saturated heterocycles. The van der Waals surface area contributed by atoms with Crippen molar-refractivity contribution in [3.05, 3.63) is 35.7 Å². The molecule has 0 aliphatic carbocycles. The third kappa shape index (κ3) is 2.30. The van der Waals surface area contributed by atoms with Crippen LogP contribution in [0.15, 0.2) is 24.3 Å². The maximum atomic E-state index is 13.5. The second-order valence-corrected chi connectivity index (χ2v) is 5.71. The van der Waals surface area contributed by atoms with Crippen LogP contribution in [-0.4, -0.2) is 24.7 Å². The van der Waals surface area contributed by atoms with E-state index in [1.807, 2.05) is 31.7 Å². The second-order valence-electron chi connectivity index (χ2n) is 5.71. The SMILES string of the molecule is COC(=O)[C@H](C)N1c2ccc(F)cc2C(C)=CC1(C)C. The number of carbonyl (C=O) groups is 1. The zero-order valence-corrected chi connectivity index (χ0v) is 12.5. The number of allylic oxidation sites excluding steroid dienone is 1. The topological polar surface area (TPSA) is 29.5 Å². The van der Waals surface area contributed by atoms with Gasteiger partial charge in [-0.05, 0) is 51.5 Å². The summed E-state index contributed by atoms with van der Waals surface area (Å²) in [5, 5.41) is 0. The minimum Gasteiger partial charge on any atom is -0.467 e. The third-order valence-electron chi connectivity index (χ3n) is 3.76. The fourth-order valence-electron chi connectivity index (χ4n) is 3.01. The van der Waals surface area contributed by atoms with Crippen LogP contribution in [0.5, 0.6) is 0 Å². The van der Waals surface area contributed by atoms with Crippen molar-refractivity contribution in [3.8, 4) is 0 Å². The van der Waals surface area contributed by atoms with Crippen LogP contribution in [0.3, 0.4) is 0 Å². The molecule has 1 aliphatic rings. The molecule has 1 aromatic carbocycles. The van der Waals surface area contributed by atoms with E-state index >= 15 is 0 Å². The molecule has 1 aromatic rings. The number of carbonyl (C=O) groups excluding carboxylic acids is 1. The highest BCUT2D eigenvalue weighted by molar-refractivity contribution is 5.87.